The van der Waals surface area contributed by atoms with Crippen LogP contribution in [-0.2, 0) is 14.6 Å². The van der Waals surface area contributed by atoms with Crippen molar-refractivity contribution in [3.63, 3.8) is 0 Å². The third kappa shape index (κ3) is 3.65. The highest BCUT2D eigenvalue weighted by atomic mass is 32.2. The summed E-state index contributed by atoms with van der Waals surface area (Å²) in [4.78, 5) is 35.3. The van der Waals surface area contributed by atoms with Crippen LogP contribution in [0.1, 0.15) is 30.4 Å². The predicted octanol–water partition coefficient (Wildman–Crippen LogP) is 1.99. The number of sulfone groups is 1. The van der Waals surface area contributed by atoms with E-state index >= 15 is 0 Å². The zero-order chi connectivity index (χ0) is 22.6. The van der Waals surface area contributed by atoms with Crippen LogP contribution in [0.25, 0.3) is 11.7 Å². The van der Waals surface area contributed by atoms with Crippen LogP contribution in [0, 0.1) is 6.92 Å². The van der Waals surface area contributed by atoms with Gasteiger partial charge in [0.1, 0.15) is 15.8 Å². The second-order valence-corrected chi connectivity index (χ2v) is 12.2. The van der Waals surface area contributed by atoms with Crippen molar-refractivity contribution in [3.8, 4) is 0 Å². The van der Waals surface area contributed by atoms with Gasteiger partial charge in [0.2, 0.25) is 0 Å². The minimum atomic E-state index is -3.16. The molecule has 1 amide bonds. The van der Waals surface area contributed by atoms with E-state index in [1.54, 1.807) is 18.3 Å². The molecule has 1 atom stereocenters. The monoisotopic (exact) mass is 490 g/mol. The molecule has 1 unspecified atom stereocenters. The van der Waals surface area contributed by atoms with Gasteiger partial charge in [-0.3, -0.25) is 18.9 Å². The van der Waals surface area contributed by atoms with Crippen molar-refractivity contribution in [1.29, 1.82) is 0 Å². The molecule has 0 spiro atoms. The number of nitrogens with zero attached hydrogens (tertiary/aromatic N) is 4. The molecule has 3 aliphatic heterocycles. The van der Waals surface area contributed by atoms with Crippen molar-refractivity contribution >= 4 is 61.6 Å². The van der Waals surface area contributed by atoms with Gasteiger partial charge in [-0.15, -0.1) is 0 Å². The Bertz CT molecular complexity index is 1340. The molecule has 3 saturated heterocycles. The standard InChI is InChI=1S/C21H22N4O4S3/c1-13-5-4-9-24-17(13)22-18(23-7-2-3-8-23)15(19(24)26)11-16-20(27)25(21(30)31-16)14-6-10-32(28,29)12-14/h4-5,9,11,14H,2-3,6-8,10,12H2,1H3/b16-11+. The van der Waals surface area contributed by atoms with Gasteiger partial charge in [0, 0.05) is 19.3 Å². The summed E-state index contributed by atoms with van der Waals surface area (Å²) in [5.41, 5.74) is 1.61. The van der Waals surface area contributed by atoms with Crippen molar-refractivity contribution in [2.24, 2.45) is 0 Å². The van der Waals surface area contributed by atoms with Crippen LogP contribution < -0.4 is 10.5 Å². The van der Waals surface area contributed by atoms with E-state index in [1.165, 1.54) is 9.30 Å². The average molecular weight is 491 g/mol. The Kier molecular flexibility index (Phi) is 5.37. The number of aromatic nitrogens is 2. The summed E-state index contributed by atoms with van der Waals surface area (Å²) in [6.07, 6.45) is 5.68. The molecule has 5 rings (SSSR count). The molecule has 3 fully saturated rings. The van der Waals surface area contributed by atoms with Gasteiger partial charge in [-0.1, -0.05) is 30.0 Å². The molecule has 5 heterocycles. The predicted molar refractivity (Wildman–Crippen MR) is 130 cm³/mol. The smallest absolute Gasteiger partial charge is 0.267 e. The summed E-state index contributed by atoms with van der Waals surface area (Å²) >= 11 is 6.52. The third-order valence-electron chi connectivity index (χ3n) is 6.14. The first-order valence-electron chi connectivity index (χ1n) is 10.5. The molecule has 0 bridgehead atoms. The molecule has 2 aromatic rings. The lowest BCUT2D eigenvalue weighted by molar-refractivity contribution is -0.123. The van der Waals surface area contributed by atoms with Crippen LogP contribution in [0.2, 0.25) is 0 Å². The maximum absolute atomic E-state index is 13.5. The number of aryl methyl sites for hydroxylation is 1. The minimum Gasteiger partial charge on any atom is -0.356 e. The van der Waals surface area contributed by atoms with Gasteiger partial charge in [-0.05, 0) is 43.9 Å². The number of fused-ring (bicyclic) bond motifs is 1. The highest BCUT2D eigenvalue weighted by Gasteiger charge is 2.42. The van der Waals surface area contributed by atoms with Gasteiger partial charge in [-0.25, -0.2) is 13.4 Å². The Morgan fingerprint density at radius 2 is 2.00 bits per heavy atom. The molecule has 168 valence electrons. The Morgan fingerprint density at radius 3 is 2.69 bits per heavy atom. The number of pyridine rings is 1. The Hall–Kier alpha value is -2.24. The van der Waals surface area contributed by atoms with Gasteiger partial charge in [-0.2, -0.15) is 0 Å². The lowest BCUT2D eigenvalue weighted by Gasteiger charge is -2.21. The number of hydrogen-bond acceptors (Lipinski definition) is 8. The summed E-state index contributed by atoms with van der Waals surface area (Å²) in [6.45, 7) is 3.52. The first-order valence-corrected chi connectivity index (χ1v) is 13.5. The molecule has 11 heteroatoms. The quantitative estimate of drug-likeness (QED) is 0.477. The summed E-state index contributed by atoms with van der Waals surface area (Å²) in [7, 11) is -3.16. The molecule has 0 aliphatic carbocycles. The zero-order valence-corrected chi connectivity index (χ0v) is 19.9. The molecule has 0 aromatic carbocycles. The van der Waals surface area contributed by atoms with E-state index < -0.39 is 15.9 Å². The number of carbonyl (C=O) groups is 1. The largest absolute Gasteiger partial charge is 0.356 e. The van der Waals surface area contributed by atoms with E-state index in [-0.39, 0.29) is 23.0 Å². The highest BCUT2D eigenvalue weighted by Crippen LogP contribution is 2.37. The molecule has 2 aromatic heterocycles. The number of carbonyl (C=O) groups excluding carboxylic acids is 1. The number of anilines is 1. The van der Waals surface area contributed by atoms with E-state index in [9.17, 15) is 18.0 Å². The van der Waals surface area contributed by atoms with Crippen molar-refractivity contribution in [2.75, 3.05) is 29.5 Å². The minimum absolute atomic E-state index is 0.0577. The number of thioether (sulfide) groups is 1. The first-order chi connectivity index (χ1) is 15.2. The van der Waals surface area contributed by atoms with Crippen molar-refractivity contribution in [2.45, 2.75) is 32.2 Å². The van der Waals surface area contributed by atoms with Crippen LogP contribution in [0.15, 0.2) is 28.0 Å². The van der Waals surface area contributed by atoms with E-state index in [0.29, 0.717) is 32.7 Å². The maximum atomic E-state index is 13.5. The molecule has 0 radical (unpaired) electrons. The van der Waals surface area contributed by atoms with Crippen LogP contribution in [0.3, 0.4) is 0 Å². The molecular formula is C21H22N4O4S3. The number of rotatable bonds is 3. The fourth-order valence-corrected chi connectivity index (χ4v) is 7.58. The molecule has 3 aliphatic rings. The highest BCUT2D eigenvalue weighted by molar-refractivity contribution is 8.26. The Balaban J connectivity index is 1.61. The molecule has 32 heavy (non-hydrogen) atoms. The second kappa shape index (κ2) is 7.96. The van der Waals surface area contributed by atoms with Crippen molar-refractivity contribution in [1.82, 2.24) is 14.3 Å². The fourth-order valence-electron chi connectivity index (χ4n) is 4.50. The molecule has 0 saturated carbocycles. The van der Waals surface area contributed by atoms with E-state index in [1.807, 2.05) is 13.0 Å². The van der Waals surface area contributed by atoms with Crippen molar-refractivity contribution in [3.05, 3.63) is 44.7 Å². The van der Waals surface area contributed by atoms with Gasteiger partial charge < -0.3 is 4.90 Å². The Labute approximate surface area is 195 Å². The van der Waals surface area contributed by atoms with E-state index in [4.69, 9.17) is 17.2 Å². The van der Waals surface area contributed by atoms with Crippen LogP contribution in [0.5, 0.6) is 0 Å². The topological polar surface area (TPSA) is 92.1 Å². The second-order valence-electron chi connectivity index (χ2n) is 8.34. The summed E-state index contributed by atoms with van der Waals surface area (Å²) in [5.74, 6) is 0.214. The Morgan fingerprint density at radius 1 is 1.25 bits per heavy atom. The fraction of sp³-hybridized carbons (Fsp3) is 0.429. The normalized spacial score (nSPS) is 24.4. The van der Waals surface area contributed by atoms with Gasteiger partial charge >= 0.3 is 0 Å². The van der Waals surface area contributed by atoms with Gasteiger partial charge in [0.25, 0.3) is 11.5 Å². The van der Waals surface area contributed by atoms with E-state index in [0.717, 1.165) is 43.3 Å². The maximum Gasteiger partial charge on any atom is 0.267 e. The van der Waals surface area contributed by atoms with Crippen LogP contribution in [0.4, 0.5) is 5.82 Å². The molecular weight excluding hydrogens is 468 g/mol. The summed E-state index contributed by atoms with van der Waals surface area (Å²) < 4.78 is 25.7. The van der Waals surface area contributed by atoms with E-state index in [2.05, 4.69) is 4.90 Å². The lowest BCUT2D eigenvalue weighted by atomic mass is 10.2. The number of hydrogen-bond donors (Lipinski definition) is 0. The SMILES string of the molecule is Cc1cccn2c(=O)c(/C=C3/SC(=S)N(C4CCS(=O)(=O)C4)C3=O)c(N3CCCC3)nc12. The first kappa shape index (κ1) is 21.6. The molecule has 8 nitrogen and oxygen atoms in total. The summed E-state index contributed by atoms with van der Waals surface area (Å²) in [6, 6.07) is 3.26. The lowest BCUT2D eigenvalue weighted by Crippen LogP contribution is -2.39. The van der Waals surface area contributed by atoms with Gasteiger partial charge in [0.15, 0.2) is 9.84 Å². The molecule has 0 N–H and O–H groups in total. The van der Waals surface area contributed by atoms with Crippen LogP contribution >= 0.6 is 24.0 Å². The van der Waals surface area contributed by atoms with Crippen molar-refractivity contribution < 1.29 is 13.2 Å². The average Bonchev–Trinajstić information content (AvgIpc) is 3.45. The van der Waals surface area contributed by atoms with Gasteiger partial charge in [0.05, 0.1) is 28.0 Å². The zero-order valence-electron chi connectivity index (χ0n) is 17.5. The number of thiocarbonyl (C=S) groups is 1. The third-order valence-corrected chi connectivity index (χ3v) is 9.22. The number of amides is 1. The van der Waals surface area contributed by atoms with Crippen LogP contribution in [-0.4, -0.2) is 63.6 Å². The summed E-state index contributed by atoms with van der Waals surface area (Å²) in [5, 5.41) is 0.